The summed E-state index contributed by atoms with van der Waals surface area (Å²) in [5.74, 6) is -4.82. The number of aliphatic hydroxyl groups excluding tert-OH is 3. The van der Waals surface area contributed by atoms with Gasteiger partial charge in [0, 0.05) is 55.9 Å². The van der Waals surface area contributed by atoms with E-state index in [1.807, 2.05) is 39.0 Å². The number of hydrogen-bond donors (Lipinski definition) is 8. The summed E-state index contributed by atoms with van der Waals surface area (Å²) in [7, 11) is 0. The number of phenolic OH excluding ortho intramolecular Hbond substituents is 1. The van der Waals surface area contributed by atoms with Crippen molar-refractivity contribution < 1.29 is 58.7 Å². The smallest absolute Gasteiger partial charge is 0.325 e. The summed E-state index contributed by atoms with van der Waals surface area (Å²) >= 11 is 0. The molecule has 8 N–H and O–H groups in total. The molecule has 0 aliphatic carbocycles. The molecule has 1 spiro atoms. The molecule has 428 valence electrons. The van der Waals surface area contributed by atoms with Gasteiger partial charge in [-0.05, 0) is 106 Å². The maximum absolute atomic E-state index is 14.5. The van der Waals surface area contributed by atoms with Crippen molar-refractivity contribution in [2.45, 2.75) is 201 Å². The van der Waals surface area contributed by atoms with Crippen molar-refractivity contribution in [3.8, 4) is 5.75 Å². The molecule has 4 heterocycles. The van der Waals surface area contributed by atoms with Gasteiger partial charge in [-0.2, -0.15) is 0 Å². The average Bonchev–Trinajstić information content (AvgIpc) is 3.38. The number of ether oxygens (including phenoxy) is 2. The number of nitrogens with one attached hydrogen (secondary N) is 4. The molecule has 0 aromatic heterocycles. The quantitative estimate of drug-likeness (QED) is 0.0697. The van der Waals surface area contributed by atoms with Crippen LogP contribution in [0.4, 0.5) is 0 Å². The Balaban J connectivity index is 1.34. The number of ketones is 1. The summed E-state index contributed by atoms with van der Waals surface area (Å²) in [6.07, 6.45) is 13.4. The maximum Gasteiger partial charge on any atom is 0.325 e. The number of nitrogens with zero attached hydrogens (tertiary/aromatic N) is 1. The molecule has 0 saturated carbocycles. The third-order valence-electron chi connectivity index (χ3n) is 16.7. The summed E-state index contributed by atoms with van der Waals surface area (Å²) in [6.45, 7) is 19.0. The number of phenols is 1. The van der Waals surface area contributed by atoms with E-state index in [4.69, 9.17) is 9.47 Å². The average molecular weight is 1070 g/mol. The molecular weight excluding hydrogens is 983 g/mol. The molecule has 5 rings (SSSR count). The van der Waals surface area contributed by atoms with Crippen LogP contribution in [0.15, 0.2) is 72.4 Å². The number of rotatable bonds is 15. The lowest BCUT2D eigenvalue weighted by molar-refractivity contribution is -0.238. The first-order valence-corrected chi connectivity index (χ1v) is 28.3. The van der Waals surface area contributed by atoms with Gasteiger partial charge in [-0.3, -0.25) is 29.0 Å². The van der Waals surface area contributed by atoms with Crippen molar-refractivity contribution in [3.63, 3.8) is 0 Å². The van der Waals surface area contributed by atoms with Gasteiger partial charge in [0.1, 0.15) is 41.5 Å². The van der Waals surface area contributed by atoms with Gasteiger partial charge in [-0.15, -0.1) is 0 Å². The lowest BCUT2D eigenvalue weighted by Crippen LogP contribution is -2.67. The molecule has 4 aliphatic rings. The molecule has 17 nitrogen and oxygen atoms in total. The second-order valence-electron chi connectivity index (χ2n) is 23.1. The fourth-order valence-electron chi connectivity index (χ4n) is 11.4. The minimum atomic E-state index is -1.43. The zero-order valence-electron chi connectivity index (χ0n) is 47.3. The Morgan fingerprint density at radius 1 is 0.961 bits per heavy atom. The highest BCUT2D eigenvalue weighted by atomic mass is 16.5. The van der Waals surface area contributed by atoms with Crippen molar-refractivity contribution >= 4 is 35.4 Å². The summed E-state index contributed by atoms with van der Waals surface area (Å²) in [5.41, 5.74) is 3.59. The Morgan fingerprint density at radius 2 is 1.69 bits per heavy atom. The van der Waals surface area contributed by atoms with Crippen molar-refractivity contribution in [3.05, 3.63) is 77.9 Å². The molecule has 2 bridgehead atoms. The van der Waals surface area contributed by atoms with Crippen molar-refractivity contribution in [2.75, 3.05) is 6.54 Å². The first-order chi connectivity index (χ1) is 36.5. The lowest BCUT2D eigenvalue weighted by atomic mass is 9.70. The molecule has 4 amide bonds. The van der Waals surface area contributed by atoms with Gasteiger partial charge in [0.15, 0.2) is 0 Å². The minimum Gasteiger partial charge on any atom is -0.508 e. The maximum atomic E-state index is 14.5. The predicted molar refractivity (Wildman–Crippen MR) is 294 cm³/mol. The van der Waals surface area contributed by atoms with Crippen LogP contribution in [0.1, 0.15) is 145 Å². The number of hydrogen-bond acceptors (Lipinski definition) is 13. The van der Waals surface area contributed by atoms with Crippen LogP contribution in [0.2, 0.25) is 0 Å². The summed E-state index contributed by atoms with van der Waals surface area (Å²) in [5, 5.41) is 54.8. The number of hydrazine groups is 1. The Morgan fingerprint density at radius 3 is 2.38 bits per heavy atom. The normalized spacial score (nSPS) is 33.4. The van der Waals surface area contributed by atoms with Crippen molar-refractivity contribution in [1.82, 2.24) is 26.4 Å². The number of benzene rings is 1. The monoisotopic (exact) mass is 1070 g/mol. The molecular formula is C60H91N5O12. The van der Waals surface area contributed by atoms with E-state index in [0.717, 1.165) is 24.8 Å². The SMILES string of the molecule is CC[C@H]1C[C@H](C)[C@@]2(NC1=O)O[C@@H](C[C@H](O)[C@@H](C)CCC=CC=C(C)[C@@H]1CC=CC=C[C@H](O)[C@H](C)[C@@H](O)[C@@H](CCC(C)=O)C(=O)N[C@@H](C(C)C)C(=O)N[C@@H](Cc3cccc(O)c3)C(=O)N3CCCC(N3)C(=O)O1)[C@H](C)CC2C. The van der Waals surface area contributed by atoms with Crippen molar-refractivity contribution in [2.24, 2.45) is 47.3 Å². The topological polar surface area (TPSA) is 253 Å². The Labute approximate surface area is 457 Å². The van der Waals surface area contributed by atoms with E-state index in [1.54, 1.807) is 51.1 Å². The van der Waals surface area contributed by atoms with Gasteiger partial charge < -0.3 is 50.6 Å². The number of aliphatic hydroxyl groups is 3. The summed E-state index contributed by atoms with van der Waals surface area (Å²) < 4.78 is 13.0. The van der Waals surface area contributed by atoms with Crippen LogP contribution in [-0.2, 0) is 44.7 Å². The van der Waals surface area contributed by atoms with Gasteiger partial charge in [0.2, 0.25) is 17.7 Å². The Kier molecular flexibility index (Phi) is 23.7. The fourth-order valence-corrected chi connectivity index (χ4v) is 11.4. The van der Waals surface area contributed by atoms with Crippen LogP contribution in [0.5, 0.6) is 5.75 Å². The van der Waals surface area contributed by atoms with Crippen LogP contribution in [0.25, 0.3) is 0 Å². The third-order valence-corrected chi connectivity index (χ3v) is 16.7. The lowest BCUT2D eigenvalue weighted by Gasteiger charge is -2.55. The van der Waals surface area contributed by atoms with E-state index in [0.29, 0.717) is 37.7 Å². The van der Waals surface area contributed by atoms with E-state index in [-0.39, 0.29) is 85.4 Å². The van der Waals surface area contributed by atoms with Crippen LogP contribution in [0, 0.1) is 47.3 Å². The second kappa shape index (κ2) is 29.1. The summed E-state index contributed by atoms with van der Waals surface area (Å²) in [6, 6.07) is 2.96. The van der Waals surface area contributed by atoms with E-state index in [2.05, 4.69) is 42.1 Å². The van der Waals surface area contributed by atoms with E-state index >= 15 is 0 Å². The number of allylic oxidation sites excluding steroid dienone is 5. The Bertz CT molecular complexity index is 2300. The number of carbonyl (C=O) groups excluding carboxylic acids is 6. The Hall–Kier alpha value is -5.20. The van der Waals surface area contributed by atoms with E-state index in [1.165, 1.54) is 30.1 Å². The number of esters is 1. The predicted octanol–water partition coefficient (Wildman–Crippen LogP) is 6.44. The number of Topliss-reactive ketones (excluding diaryl/α,β-unsaturated/α-hetero) is 1. The first-order valence-electron chi connectivity index (χ1n) is 28.3. The minimum absolute atomic E-state index is 0.0183. The number of carbonyl (C=O) groups is 6. The summed E-state index contributed by atoms with van der Waals surface area (Å²) in [4.78, 5) is 82.1. The molecule has 3 saturated heterocycles. The highest BCUT2D eigenvalue weighted by molar-refractivity contribution is 5.93. The molecule has 4 aliphatic heterocycles. The van der Waals surface area contributed by atoms with Gasteiger partial charge in [0.25, 0.3) is 5.91 Å². The fraction of sp³-hybridized carbons (Fsp3) is 0.667. The highest BCUT2D eigenvalue weighted by Gasteiger charge is 2.54. The third kappa shape index (κ3) is 17.1. The molecule has 3 fully saturated rings. The zero-order chi connectivity index (χ0) is 56.7. The molecule has 17 heteroatoms. The van der Waals surface area contributed by atoms with Gasteiger partial charge in [0.05, 0.1) is 30.3 Å². The van der Waals surface area contributed by atoms with Crippen molar-refractivity contribution in [1.29, 1.82) is 0 Å². The van der Waals surface area contributed by atoms with Crippen LogP contribution < -0.4 is 21.4 Å². The van der Waals surface area contributed by atoms with E-state index < -0.39 is 89.7 Å². The number of aromatic hydroxyl groups is 1. The standard InChI is InChI=1S/C60H91N5O12/c1-11-44-31-40(8)60(63-55(44)71)39(7)30-38(6)52(77-60)34-50(69)36(4)20-14-12-15-21-37(5)51-26-17-13-16-25-49(68)42(10)54(70)46(28-27-41(9)66)56(72)62-53(35(2)3)57(73)61-48(33-43-22-18-23-45(67)32-43)58(74)65-29-19-24-47(64-65)59(75)76-51/h12-13,15-18,21-23,25,32,35-36,38-40,42,44,46-54,64,67-70H,11,14,19-20,24,26-31,33-34H2,1-10H3,(H,61,73)(H,62,72)(H,63,71)/t36-,38+,39?,40-,42-,44-,46+,47?,48-,49-,50-,51-,52-,53-,54+,60-/m0/s1. The van der Waals surface area contributed by atoms with Crippen LogP contribution in [-0.4, -0.2) is 122 Å². The molecule has 2 unspecified atom stereocenters. The zero-order valence-corrected chi connectivity index (χ0v) is 47.3. The van der Waals surface area contributed by atoms with Gasteiger partial charge in [-0.1, -0.05) is 110 Å². The number of cyclic esters (lactones) is 1. The highest BCUT2D eigenvalue weighted by Crippen LogP contribution is 2.46. The number of piperidine rings is 1. The largest absolute Gasteiger partial charge is 0.508 e. The van der Waals surface area contributed by atoms with Crippen LogP contribution in [0.3, 0.4) is 0 Å². The molecule has 1 aromatic rings. The number of amides is 4. The van der Waals surface area contributed by atoms with Gasteiger partial charge in [-0.25, -0.2) is 5.43 Å². The molecule has 16 atom stereocenters. The van der Waals surface area contributed by atoms with Gasteiger partial charge >= 0.3 is 5.97 Å². The molecule has 1 aromatic carbocycles. The van der Waals surface area contributed by atoms with E-state index in [9.17, 15) is 49.2 Å². The second-order valence-corrected chi connectivity index (χ2v) is 23.1. The molecule has 77 heavy (non-hydrogen) atoms. The first kappa shape index (κ1) is 62.6. The van der Waals surface area contributed by atoms with Crippen LogP contribution >= 0.6 is 0 Å². The number of fused-ring (bicyclic) bond motifs is 2. The molecule has 0 radical (unpaired) electrons.